The van der Waals surface area contributed by atoms with Crippen LogP contribution in [0.1, 0.15) is 44.7 Å². The van der Waals surface area contributed by atoms with E-state index >= 15 is 0 Å². The Morgan fingerprint density at radius 1 is 0.929 bits per heavy atom. The van der Waals surface area contributed by atoms with Crippen LogP contribution in [0, 0.1) is 5.82 Å². The van der Waals surface area contributed by atoms with E-state index in [1.165, 1.54) is 29.8 Å². The van der Waals surface area contributed by atoms with Crippen LogP contribution in [-0.2, 0) is 21.4 Å². The van der Waals surface area contributed by atoms with E-state index in [2.05, 4.69) is 31.6 Å². The summed E-state index contributed by atoms with van der Waals surface area (Å²) in [5, 5.41) is 0. The molecule has 0 heterocycles. The van der Waals surface area contributed by atoms with Gasteiger partial charge in [-0.2, -0.15) is 0 Å². The van der Waals surface area contributed by atoms with Gasteiger partial charge in [0.25, 0.3) is 0 Å². The molecule has 0 atom stereocenters. The number of carbonyl (C=O) groups is 2. The topological polar surface area (TPSA) is 67.4 Å². The molecule has 0 saturated heterocycles. The van der Waals surface area contributed by atoms with Gasteiger partial charge in [-0.15, -0.1) is 0 Å². The molecule has 0 aliphatic rings. The molecule has 0 spiro atoms. The van der Waals surface area contributed by atoms with Gasteiger partial charge in [0.05, 0.1) is 13.0 Å². The average molecular weight is 386 g/mol. The second-order valence-corrected chi connectivity index (χ2v) is 7.63. The molecule has 2 aromatic carbocycles. The number of carbonyl (C=O) groups excluding carboxylic acids is 2. The Hall–Kier alpha value is -2.89. The van der Waals surface area contributed by atoms with Crippen molar-refractivity contribution in [2.24, 2.45) is 0 Å². The second-order valence-electron chi connectivity index (χ2n) is 7.63. The number of amides is 2. The molecule has 0 aromatic heterocycles. The molecular formula is C22H27FN2O3. The molecule has 2 amide bonds. The van der Waals surface area contributed by atoms with Gasteiger partial charge in [0.2, 0.25) is 11.8 Å². The summed E-state index contributed by atoms with van der Waals surface area (Å²) in [7, 11) is 0. The number of rotatable bonds is 7. The molecule has 0 aliphatic carbocycles. The van der Waals surface area contributed by atoms with Crippen molar-refractivity contribution in [3.63, 3.8) is 0 Å². The molecule has 0 radical (unpaired) electrons. The van der Waals surface area contributed by atoms with Crippen LogP contribution >= 0.6 is 0 Å². The minimum Gasteiger partial charge on any atom is -0.494 e. The van der Waals surface area contributed by atoms with Crippen LogP contribution in [-0.4, -0.2) is 18.4 Å². The minimum atomic E-state index is -0.366. The number of nitrogens with one attached hydrogen (secondary N) is 2. The number of hydrogen-bond donors (Lipinski definition) is 2. The van der Waals surface area contributed by atoms with Crippen molar-refractivity contribution in [1.29, 1.82) is 0 Å². The molecule has 0 aliphatic heterocycles. The van der Waals surface area contributed by atoms with Gasteiger partial charge in [0.15, 0.2) is 0 Å². The molecule has 0 saturated carbocycles. The van der Waals surface area contributed by atoms with E-state index in [0.29, 0.717) is 18.6 Å². The van der Waals surface area contributed by atoms with Gasteiger partial charge in [-0.05, 0) is 47.2 Å². The molecule has 2 rings (SSSR count). The summed E-state index contributed by atoms with van der Waals surface area (Å²) < 4.78 is 18.5. The standard InChI is InChI=1S/C22H27FN2O3/c1-22(2,3)17-8-12-19(13-9-17)28-14-4-5-20(26)24-25-21(27)15-16-6-10-18(23)11-7-16/h6-13H,4-5,14-15H2,1-3H3,(H,24,26)(H,25,27). The zero-order valence-corrected chi connectivity index (χ0v) is 16.5. The first kappa shape index (κ1) is 21.4. The third-order valence-electron chi connectivity index (χ3n) is 4.16. The molecule has 2 aromatic rings. The Morgan fingerprint density at radius 3 is 2.14 bits per heavy atom. The van der Waals surface area contributed by atoms with E-state index in [1.54, 1.807) is 0 Å². The molecule has 5 nitrogen and oxygen atoms in total. The Kier molecular flexibility index (Phi) is 7.55. The molecule has 0 unspecified atom stereocenters. The first-order valence-corrected chi connectivity index (χ1v) is 9.29. The zero-order chi connectivity index (χ0) is 20.6. The van der Waals surface area contributed by atoms with Crippen LogP contribution in [0.5, 0.6) is 5.75 Å². The van der Waals surface area contributed by atoms with Gasteiger partial charge in [0, 0.05) is 6.42 Å². The summed E-state index contributed by atoms with van der Waals surface area (Å²) in [6.45, 7) is 6.87. The highest BCUT2D eigenvalue weighted by Crippen LogP contribution is 2.24. The van der Waals surface area contributed by atoms with Crippen molar-refractivity contribution in [3.8, 4) is 5.75 Å². The normalized spacial score (nSPS) is 11.0. The summed E-state index contributed by atoms with van der Waals surface area (Å²) in [5.74, 6) is -0.250. The lowest BCUT2D eigenvalue weighted by molar-refractivity contribution is -0.128. The molecule has 150 valence electrons. The zero-order valence-electron chi connectivity index (χ0n) is 16.5. The lowest BCUT2D eigenvalue weighted by Gasteiger charge is -2.19. The second kappa shape index (κ2) is 9.88. The van der Waals surface area contributed by atoms with E-state index in [0.717, 1.165) is 5.75 Å². The quantitative estimate of drug-likeness (QED) is 0.564. The molecule has 28 heavy (non-hydrogen) atoms. The maximum atomic E-state index is 12.8. The van der Waals surface area contributed by atoms with Crippen LogP contribution in [0.25, 0.3) is 0 Å². The van der Waals surface area contributed by atoms with E-state index in [1.807, 2.05) is 24.3 Å². The highest BCUT2D eigenvalue weighted by molar-refractivity contribution is 5.83. The lowest BCUT2D eigenvalue weighted by Crippen LogP contribution is -2.42. The van der Waals surface area contributed by atoms with Gasteiger partial charge in [-0.25, -0.2) is 4.39 Å². The highest BCUT2D eigenvalue weighted by atomic mass is 19.1. The van der Waals surface area contributed by atoms with Gasteiger partial charge < -0.3 is 4.74 Å². The van der Waals surface area contributed by atoms with Crippen LogP contribution in [0.4, 0.5) is 4.39 Å². The van der Waals surface area contributed by atoms with Crippen molar-refractivity contribution < 1.29 is 18.7 Å². The molecule has 0 fully saturated rings. The van der Waals surface area contributed by atoms with Crippen molar-refractivity contribution in [2.75, 3.05) is 6.61 Å². The fraction of sp³-hybridized carbons (Fsp3) is 0.364. The van der Waals surface area contributed by atoms with Gasteiger partial charge in [-0.3, -0.25) is 20.4 Å². The number of halogens is 1. The van der Waals surface area contributed by atoms with Gasteiger partial charge in [0.1, 0.15) is 11.6 Å². The smallest absolute Gasteiger partial charge is 0.242 e. The minimum absolute atomic E-state index is 0.0637. The summed E-state index contributed by atoms with van der Waals surface area (Å²) in [6, 6.07) is 13.6. The first-order valence-electron chi connectivity index (χ1n) is 9.29. The van der Waals surface area contributed by atoms with Gasteiger partial charge in [-0.1, -0.05) is 45.0 Å². The number of hydrogen-bond acceptors (Lipinski definition) is 3. The van der Waals surface area contributed by atoms with Crippen molar-refractivity contribution in [3.05, 3.63) is 65.5 Å². The van der Waals surface area contributed by atoms with Gasteiger partial charge >= 0.3 is 0 Å². The highest BCUT2D eigenvalue weighted by Gasteiger charge is 2.13. The average Bonchev–Trinajstić information content (AvgIpc) is 2.65. The fourth-order valence-electron chi connectivity index (χ4n) is 2.51. The monoisotopic (exact) mass is 386 g/mol. The molecule has 2 N–H and O–H groups in total. The maximum Gasteiger partial charge on any atom is 0.242 e. The largest absolute Gasteiger partial charge is 0.494 e. The van der Waals surface area contributed by atoms with E-state index in [4.69, 9.17) is 4.74 Å². The summed E-state index contributed by atoms with van der Waals surface area (Å²) in [4.78, 5) is 23.6. The molecule has 6 heteroatoms. The Labute approximate surface area is 165 Å². The molecule has 0 bridgehead atoms. The van der Waals surface area contributed by atoms with Crippen LogP contribution < -0.4 is 15.6 Å². The van der Waals surface area contributed by atoms with Crippen LogP contribution in [0.2, 0.25) is 0 Å². The Balaban J connectivity index is 1.62. The fourth-order valence-corrected chi connectivity index (χ4v) is 2.51. The molecular weight excluding hydrogens is 359 g/mol. The number of benzene rings is 2. The first-order chi connectivity index (χ1) is 13.2. The van der Waals surface area contributed by atoms with Crippen molar-refractivity contribution >= 4 is 11.8 Å². The summed E-state index contributed by atoms with van der Waals surface area (Å²) >= 11 is 0. The third-order valence-corrected chi connectivity index (χ3v) is 4.16. The van der Waals surface area contributed by atoms with Crippen molar-refractivity contribution in [1.82, 2.24) is 10.9 Å². The third kappa shape index (κ3) is 7.39. The van der Waals surface area contributed by atoms with Crippen molar-refractivity contribution in [2.45, 2.75) is 45.4 Å². The predicted octanol–water partition coefficient (Wildman–Crippen LogP) is 3.67. The van der Waals surface area contributed by atoms with E-state index < -0.39 is 0 Å². The van der Waals surface area contributed by atoms with Crippen LogP contribution in [0.15, 0.2) is 48.5 Å². The summed E-state index contributed by atoms with van der Waals surface area (Å²) in [5.41, 5.74) is 6.71. The van der Waals surface area contributed by atoms with E-state index in [-0.39, 0.29) is 35.9 Å². The lowest BCUT2D eigenvalue weighted by atomic mass is 9.87. The Morgan fingerprint density at radius 2 is 1.54 bits per heavy atom. The number of hydrazine groups is 1. The number of ether oxygens (including phenoxy) is 1. The van der Waals surface area contributed by atoms with E-state index in [9.17, 15) is 14.0 Å². The van der Waals surface area contributed by atoms with Crippen LogP contribution in [0.3, 0.4) is 0 Å². The maximum absolute atomic E-state index is 12.8. The predicted molar refractivity (Wildman–Crippen MR) is 106 cm³/mol. The summed E-state index contributed by atoms with van der Waals surface area (Å²) in [6.07, 6.45) is 0.825. The Bertz CT molecular complexity index is 781. The SMILES string of the molecule is CC(C)(C)c1ccc(OCCCC(=O)NNC(=O)Cc2ccc(F)cc2)cc1.